The van der Waals surface area contributed by atoms with Crippen LogP contribution in [0.1, 0.15) is 62.2 Å². The number of nitrogens with zero attached hydrogens (tertiary/aromatic N) is 4. The summed E-state index contributed by atoms with van der Waals surface area (Å²) in [5.74, 6) is 2.13. The van der Waals surface area contributed by atoms with E-state index in [9.17, 15) is 9.18 Å². The highest BCUT2D eigenvalue weighted by atomic mass is 19.1. The zero-order valence-electron chi connectivity index (χ0n) is 24.3. The number of rotatable bonds is 13. The number of carbonyl (C=O) groups excluding carboxylic acids is 1. The number of methoxy groups -OCH3 is 1. The van der Waals surface area contributed by atoms with Crippen LogP contribution in [0.3, 0.4) is 0 Å². The molecule has 0 bridgehead atoms. The van der Waals surface area contributed by atoms with E-state index in [4.69, 9.17) is 9.47 Å². The summed E-state index contributed by atoms with van der Waals surface area (Å²) in [7, 11) is 1.60. The summed E-state index contributed by atoms with van der Waals surface area (Å²) in [4.78, 5) is 24.0. The smallest absolute Gasteiger partial charge is 0.183 e. The summed E-state index contributed by atoms with van der Waals surface area (Å²) >= 11 is 0. The third kappa shape index (κ3) is 7.32. The van der Waals surface area contributed by atoms with Gasteiger partial charge >= 0.3 is 0 Å². The molecule has 4 aromatic rings. The van der Waals surface area contributed by atoms with Crippen molar-refractivity contribution in [2.75, 3.05) is 31.7 Å². The predicted octanol–water partition coefficient (Wildman–Crippen LogP) is 7.13. The summed E-state index contributed by atoms with van der Waals surface area (Å²) in [5, 5.41) is 6.98. The number of halogens is 1. The van der Waals surface area contributed by atoms with Crippen LogP contribution < -0.4 is 14.4 Å². The molecule has 42 heavy (non-hydrogen) atoms. The van der Waals surface area contributed by atoms with E-state index in [0.717, 1.165) is 55.3 Å². The fourth-order valence-corrected chi connectivity index (χ4v) is 5.35. The molecule has 5 rings (SSSR count). The molecule has 9 heteroatoms. The number of ketones is 1. The molecule has 0 amide bonds. The lowest BCUT2D eigenvalue weighted by Crippen LogP contribution is -2.35. The molecule has 1 aliphatic heterocycles. The molecule has 0 unspecified atom stereocenters. The van der Waals surface area contributed by atoms with Crippen LogP contribution >= 0.6 is 0 Å². The lowest BCUT2D eigenvalue weighted by molar-refractivity contribution is 0.0970. The molecular weight excluding hydrogens is 533 g/mol. The molecule has 8 nitrogen and oxygen atoms in total. The number of nitrogens with one attached hydrogen (secondary N) is 1. The molecule has 0 aliphatic carbocycles. The minimum Gasteiger partial charge on any atom is -0.497 e. The largest absolute Gasteiger partial charge is 0.497 e. The quantitative estimate of drug-likeness (QED) is 0.135. The van der Waals surface area contributed by atoms with Gasteiger partial charge in [0, 0.05) is 48.5 Å². The summed E-state index contributed by atoms with van der Waals surface area (Å²) in [6, 6.07) is 15.1. The van der Waals surface area contributed by atoms with E-state index in [2.05, 4.69) is 27.1 Å². The van der Waals surface area contributed by atoms with Gasteiger partial charge in [-0.3, -0.25) is 9.89 Å². The number of piperidine rings is 1. The molecule has 2 aromatic heterocycles. The Morgan fingerprint density at radius 3 is 2.64 bits per heavy atom. The number of unbranched alkanes of at least 4 members (excludes halogenated alkanes) is 2. The Labute approximate surface area is 246 Å². The Kier molecular flexibility index (Phi) is 9.79. The van der Waals surface area contributed by atoms with Crippen molar-refractivity contribution < 1.29 is 18.7 Å². The highest BCUT2D eigenvalue weighted by molar-refractivity contribution is 5.96. The van der Waals surface area contributed by atoms with Gasteiger partial charge in [-0.15, -0.1) is 0 Å². The Morgan fingerprint density at radius 1 is 1.07 bits per heavy atom. The molecule has 1 fully saturated rings. The third-order valence-electron chi connectivity index (χ3n) is 7.81. The number of aromatic nitrogens is 4. The highest BCUT2D eigenvalue weighted by Gasteiger charge is 2.24. The molecule has 1 N–H and O–H groups in total. The second-order valence-electron chi connectivity index (χ2n) is 10.8. The summed E-state index contributed by atoms with van der Waals surface area (Å²) in [6.07, 6.45) is 9.14. The highest BCUT2D eigenvalue weighted by Crippen LogP contribution is 2.30. The van der Waals surface area contributed by atoms with E-state index in [1.165, 1.54) is 6.20 Å². The first-order valence-corrected chi connectivity index (χ1v) is 14.8. The number of anilines is 1. The van der Waals surface area contributed by atoms with E-state index in [-0.39, 0.29) is 5.78 Å². The molecule has 3 heterocycles. The number of ether oxygens (including phenoxy) is 2. The lowest BCUT2D eigenvalue weighted by atomic mass is 9.90. The lowest BCUT2D eigenvalue weighted by Gasteiger charge is -2.33. The zero-order chi connectivity index (χ0) is 29.3. The second-order valence-corrected chi connectivity index (χ2v) is 10.8. The molecule has 0 radical (unpaired) electrons. The number of hydrogen-bond donors (Lipinski definition) is 1. The second kappa shape index (κ2) is 14.1. The fourth-order valence-electron chi connectivity index (χ4n) is 5.35. The van der Waals surface area contributed by atoms with E-state index in [1.54, 1.807) is 19.4 Å². The molecule has 1 saturated heterocycles. The van der Waals surface area contributed by atoms with Gasteiger partial charge < -0.3 is 14.4 Å². The first-order chi connectivity index (χ1) is 20.5. The van der Waals surface area contributed by atoms with Crippen LogP contribution in [0.25, 0.3) is 22.6 Å². The fraction of sp³-hybridized carbons (Fsp3) is 0.394. The van der Waals surface area contributed by atoms with E-state index < -0.39 is 5.82 Å². The van der Waals surface area contributed by atoms with Gasteiger partial charge in [0.05, 0.1) is 25.6 Å². The normalized spacial score (nSPS) is 13.7. The minimum atomic E-state index is -0.428. The van der Waals surface area contributed by atoms with Crippen molar-refractivity contribution in [3.63, 3.8) is 0 Å². The van der Waals surface area contributed by atoms with Gasteiger partial charge in [0.15, 0.2) is 23.2 Å². The Bertz CT molecular complexity index is 1470. The van der Waals surface area contributed by atoms with E-state index in [1.807, 2.05) is 47.4 Å². The van der Waals surface area contributed by atoms with Gasteiger partial charge in [-0.25, -0.2) is 14.4 Å². The van der Waals surface area contributed by atoms with Crippen LogP contribution in [0.5, 0.6) is 11.5 Å². The van der Waals surface area contributed by atoms with Gasteiger partial charge in [-0.2, -0.15) is 5.10 Å². The molecule has 0 spiro atoms. The van der Waals surface area contributed by atoms with Crippen LogP contribution in [-0.2, 0) is 0 Å². The SMILES string of the molecule is CCCCCOc1cc(OC)cc(C(=O)CCC2CCN(c3nc(-c4cccc(-c5ccn[nH]5)c4)ncc3F)CC2)c1. The van der Waals surface area contributed by atoms with Crippen molar-refractivity contribution in [3.05, 3.63) is 72.3 Å². The Morgan fingerprint density at radius 2 is 1.88 bits per heavy atom. The maximum absolute atomic E-state index is 14.9. The number of carbonyl (C=O) groups is 1. The Hall–Kier alpha value is -4.27. The van der Waals surface area contributed by atoms with Crippen molar-refractivity contribution in [1.82, 2.24) is 20.2 Å². The summed E-state index contributed by atoms with van der Waals surface area (Å²) in [6.45, 7) is 4.13. The van der Waals surface area contributed by atoms with Gasteiger partial charge in [-0.1, -0.05) is 38.0 Å². The average molecular weight is 572 g/mol. The maximum atomic E-state index is 14.9. The van der Waals surface area contributed by atoms with E-state index >= 15 is 0 Å². The summed E-state index contributed by atoms with van der Waals surface area (Å²) in [5.41, 5.74) is 3.27. The van der Waals surface area contributed by atoms with Gasteiger partial charge in [0.1, 0.15) is 11.5 Å². The number of H-pyrrole nitrogens is 1. The third-order valence-corrected chi connectivity index (χ3v) is 7.81. The number of aromatic amines is 1. The minimum absolute atomic E-state index is 0.0820. The first-order valence-electron chi connectivity index (χ1n) is 14.8. The molecular formula is C33H38FN5O3. The number of Topliss-reactive ketones (excluding diaryl/α,β-unsaturated/α-hetero) is 1. The van der Waals surface area contributed by atoms with Crippen LogP contribution in [0, 0.1) is 11.7 Å². The average Bonchev–Trinajstić information content (AvgIpc) is 3.58. The van der Waals surface area contributed by atoms with Crippen LogP contribution in [0.15, 0.2) is 60.9 Å². The molecule has 0 atom stereocenters. The first kappa shape index (κ1) is 29.2. The van der Waals surface area contributed by atoms with Crippen LogP contribution in [0.2, 0.25) is 0 Å². The number of benzene rings is 2. The Balaban J connectivity index is 1.17. The molecule has 2 aromatic carbocycles. The van der Waals surface area contributed by atoms with Gasteiger partial charge in [0.25, 0.3) is 0 Å². The molecule has 220 valence electrons. The maximum Gasteiger partial charge on any atom is 0.183 e. The van der Waals surface area contributed by atoms with Gasteiger partial charge in [-0.05, 0) is 55.9 Å². The predicted molar refractivity (Wildman–Crippen MR) is 162 cm³/mol. The van der Waals surface area contributed by atoms with Crippen molar-refractivity contribution in [2.45, 2.75) is 51.9 Å². The van der Waals surface area contributed by atoms with Crippen molar-refractivity contribution in [1.29, 1.82) is 0 Å². The standard InChI is InChI=1S/C33H38FN5O3/c1-3-4-5-17-42-28-20-26(19-27(21-28)41-2)31(40)10-9-23-12-15-39(16-13-23)33-29(34)22-35-32(37-33)25-8-6-7-24(18-25)30-11-14-36-38-30/h6-8,11,14,18-23H,3-5,9-10,12-13,15-17H2,1-2H3,(H,36,38). The van der Waals surface area contributed by atoms with Crippen LogP contribution in [-0.4, -0.2) is 52.8 Å². The topological polar surface area (TPSA) is 93.2 Å². The molecule has 1 aliphatic rings. The zero-order valence-corrected chi connectivity index (χ0v) is 24.3. The van der Waals surface area contributed by atoms with Crippen molar-refractivity contribution >= 4 is 11.6 Å². The van der Waals surface area contributed by atoms with Crippen molar-refractivity contribution in [2.24, 2.45) is 5.92 Å². The number of hydrogen-bond acceptors (Lipinski definition) is 7. The monoisotopic (exact) mass is 571 g/mol. The summed E-state index contributed by atoms with van der Waals surface area (Å²) < 4.78 is 26.2. The van der Waals surface area contributed by atoms with Crippen LogP contribution in [0.4, 0.5) is 10.2 Å². The van der Waals surface area contributed by atoms with E-state index in [0.29, 0.717) is 60.7 Å². The van der Waals surface area contributed by atoms with Gasteiger partial charge in [0.2, 0.25) is 0 Å². The molecule has 0 saturated carbocycles. The van der Waals surface area contributed by atoms with Crippen molar-refractivity contribution in [3.8, 4) is 34.1 Å².